The standard InChI is InChI=1S/C27H19N5OS/c33-24(21-15-28-23-14-8-7-13-20(21)23)25(18-9-3-1-4-10-18)34-27-22-16-31-32(26(22)29-17-30-27)19-11-5-2-6-12-19/h1-17,25,28H. The van der Waals surface area contributed by atoms with Gasteiger partial charge in [-0.15, -0.1) is 0 Å². The topological polar surface area (TPSA) is 76.5 Å². The Morgan fingerprint density at radius 2 is 1.59 bits per heavy atom. The number of hydrogen-bond acceptors (Lipinski definition) is 5. The lowest BCUT2D eigenvalue weighted by atomic mass is 10.0. The number of aromatic nitrogens is 5. The van der Waals surface area contributed by atoms with Crippen molar-refractivity contribution in [2.75, 3.05) is 0 Å². The number of fused-ring (bicyclic) bond motifs is 2. The second-order valence-electron chi connectivity index (χ2n) is 7.83. The van der Waals surface area contributed by atoms with E-state index in [1.807, 2.05) is 84.9 Å². The number of carbonyl (C=O) groups excluding carboxylic acids is 1. The Kier molecular flexibility index (Phi) is 5.16. The highest BCUT2D eigenvalue weighted by atomic mass is 32.2. The molecular formula is C27H19N5OS. The van der Waals surface area contributed by atoms with Crippen molar-refractivity contribution in [2.45, 2.75) is 10.3 Å². The molecule has 0 saturated carbocycles. The molecule has 1 N–H and O–H groups in total. The van der Waals surface area contributed by atoms with E-state index in [1.165, 1.54) is 18.1 Å². The van der Waals surface area contributed by atoms with Gasteiger partial charge < -0.3 is 4.98 Å². The molecule has 6 nitrogen and oxygen atoms in total. The van der Waals surface area contributed by atoms with E-state index in [0.29, 0.717) is 16.2 Å². The molecule has 34 heavy (non-hydrogen) atoms. The molecule has 1 atom stereocenters. The lowest BCUT2D eigenvalue weighted by molar-refractivity contribution is 0.0991. The maximum atomic E-state index is 13.9. The van der Waals surface area contributed by atoms with Gasteiger partial charge in [-0.1, -0.05) is 78.5 Å². The number of aromatic amines is 1. The monoisotopic (exact) mass is 461 g/mol. The number of rotatable bonds is 6. The Labute approximate surface area is 199 Å². The summed E-state index contributed by atoms with van der Waals surface area (Å²) in [7, 11) is 0. The SMILES string of the molecule is O=C(c1c[nH]c2ccccc12)C(Sc1ncnc2c1cnn2-c1ccccc1)c1ccccc1. The highest BCUT2D eigenvalue weighted by Gasteiger charge is 2.27. The number of carbonyl (C=O) groups is 1. The molecule has 0 aliphatic heterocycles. The van der Waals surface area contributed by atoms with E-state index in [-0.39, 0.29) is 5.78 Å². The maximum absolute atomic E-state index is 13.9. The molecule has 6 rings (SSSR count). The van der Waals surface area contributed by atoms with Gasteiger partial charge in [0.15, 0.2) is 11.4 Å². The number of Topliss-reactive ketones (excluding diaryl/α,β-unsaturated/α-hetero) is 1. The molecule has 3 heterocycles. The van der Waals surface area contributed by atoms with Gasteiger partial charge in [-0.2, -0.15) is 5.10 Å². The molecule has 3 aromatic heterocycles. The molecule has 0 spiro atoms. The van der Waals surface area contributed by atoms with Gasteiger partial charge in [0.05, 0.1) is 22.5 Å². The van der Waals surface area contributed by atoms with E-state index < -0.39 is 5.25 Å². The second kappa shape index (κ2) is 8.61. The van der Waals surface area contributed by atoms with E-state index in [2.05, 4.69) is 20.1 Å². The smallest absolute Gasteiger partial charge is 0.182 e. The molecule has 6 aromatic rings. The van der Waals surface area contributed by atoms with Crippen LogP contribution in [0.25, 0.3) is 27.6 Å². The first kappa shape index (κ1) is 20.4. The van der Waals surface area contributed by atoms with Crippen LogP contribution in [0, 0.1) is 0 Å². The van der Waals surface area contributed by atoms with Gasteiger partial charge in [-0.3, -0.25) is 4.79 Å². The van der Waals surface area contributed by atoms with Crippen molar-refractivity contribution < 1.29 is 4.79 Å². The molecule has 1 unspecified atom stereocenters. The zero-order valence-electron chi connectivity index (χ0n) is 18.0. The molecule has 0 amide bonds. The summed E-state index contributed by atoms with van der Waals surface area (Å²) in [4.78, 5) is 26.1. The number of nitrogens with one attached hydrogen (secondary N) is 1. The third-order valence-corrected chi connectivity index (χ3v) is 7.03. The Morgan fingerprint density at radius 3 is 2.41 bits per heavy atom. The molecule has 0 aliphatic rings. The van der Waals surface area contributed by atoms with Crippen LogP contribution >= 0.6 is 11.8 Å². The minimum atomic E-state index is -0.474. The summed E-state index contributed by atoms with van der Waals surface area (Å²) in [5.74, 6) is 0.0239. The predicted octanol–water partition coefficient (Wildman–Crippen LogP) is 6.01. The van der Waals surface area contributed by atoms with Crippen LogP contribution in [0.4, 0.5) is 0 Å². The predicted molar refractivity (Wildman–Crippen MR) is 134 cm³/mol. The molecule has 0 bridgehead atoms. The normalized spacial score (nSPS) is 12.2. The van der Waals surface area contributed by atoms with Crippen molar-refractivity contribution in [1.82, 2.24) is 24.7 Å². The summed E-state index contributed by atoms with van der Waals surface area (Å²) in [6.07, 6.45) is 5.10. The van der Waals surface area contributed by atoms with Crippen LogP contribution in [0.5, 0.6) is 0 Å². The van der Waals surface area contributed by atoms with Crippen molar-refractivity contribution in [3.8, 4) is 5.69 Å². The summed E-state index contributed by atoms with van der Waals surface area (Å²) < 4.78 is 1.79. The van der Waals surface area contributed by atoms with Gasteiger partial charge >= 0.3 is 0 Å². The maximum Gasteiger partial charge on any atom is 0.182 e. The number of H-pyrrole nitrogens is 1. The summed E-state index contributed by atoms with van der Waals surface area (Å²) in [6.45, 7) is 0. The summed E-state index contributed by atoms with van der Waals surface area (Å²) in [5, 5.41) is 6.52. The first-order valence-corrected chi connectivity index (χ1v) is 11.7. The lowest BCUT2D eigenvalue weighted by Gasteiger charge is -2.16. The number of thioether (sulfide) groups is 1. The van der Waals surface area contributed by atoms with Gasteiger partial charge in [0.25, 0.3) is 0 Å². The van der Waals surface area contributed by atoms with Gasteiger partial charge in [-0.05, 0) is 23.8 Å². The van der Waals surface area contributed by atoms with Crippen LogP contribution in [0.3, 0.4) is 0 Å². The van der Waals surface area contributed by atoms with Crippen LogP contribution in [-0.4, -0.2) is 30.5 Å². The Morgan fingerprint density at radius 1 is 0.853 bits per heavy atom. The molecular weight excluding hydrogens is 442 g/mol. The highest BCUT2D eigenvalue weighted by Crippen LogP contribution is 2.40. The minimum absolute atomic E-state index is 0.0239. The molecule has 3 aromatic carbocycles. The van der Waals surface area contributed by atoms with Crippen molar-refractivity contribution >= 4 is 39.5 Å². The largest absolute Gasteiger partial charge is 0.360 e. The number of ketones is 1. The lowest BCUT2D eigenvalue weighted by Crippen LogP contribution is -2.10. The minimum Gasteiger partial charge on any atom is -0.360 e. The van der Waals surface area contributed by atoms with E-state index in [0.717, 1.165) is 27.5 Å². The van der Waals surface area contributed by atoms with E-state index in [9.17, 15) is 4.79 Å². The quantitative estimate of drug-likeness (QED) is 0.187. The third-order valence-electron chi connectivity index (χ3n) is 5.75. The fourth-order valence-electron chi connectivity index (χ4n) is 4.10. The summed E-state index contributed by atoms with van der Waals surface area (Å²) >= 11 is 1.43. The summed E-state index contributed by atoms with van der Waals surface area (Å²) in [5.41, 5.74) is 4.15. The average Bonchev–Trinajstić information content (AvgIpc) is 3.53. The molecule has 0 fully saturated rings. The zero-order chi connectivity index (χ0) is 22.9. The van der Waals surface area contributed by atoms with Gasteiger partial charge in [0, 0.05) is 22.7 Å². The third kappa shape index (κ3) is 3.56. The van der Waals surface area contributed by atoms with Crippen LogP contribution < -0.4 is 0 Å². The van der Waals surface area contributed by atoms with Gasteiger partial charge in [0.1, 0.15) is 11.4 Å². The van der Waals surface area contributed by atoms with Crippen molar-refractivity contribution in [3.05, 3.63) is 115 Å². The Balaban J connectivity index is 1.44. The molecule has 7 heteroatoms. The van der Waals surface area contributed by atoms with E-state index in [1.54, 1.807) is 17.1 Å². The first-order valence-electron chi connectivity index (χ1n) is 10.9. The van der Waals surface area contributed by atoms with Crippen LogP contribution in [0.2, 0.25) is 0 Å². The van der Waals surface area contributed by atoms with Gasteiger partial charge in [0.2, 0.25) is 0 Å². The van der Waals surface area contributed by atoms with Crippen molar-refractivity contribution in [1.29, 1.82) is 0 Å². The number of benzene rings is 3. The van der Waals surface area contributed by atoms with Crippen molar-refractivity contribution in [2.24, 2.45) is 0 Å². The highest BCUT2D eigenvalue weighted by molar-refractivity contribution is 8.00. The van der Waals surface area contributed by atoms with Crippen LogP contribution in [0.1, 0.15) is 21.2 Å². The van der Waals surface area contributed by atoms with E-state index in [4.69, 9.17) is 0 Å². The molecule has 0 saturated heterocycles. The number of para-hydroxylation sites is 2. The Bertz CT molecular complexity index is 1610. The molecule has 0 radical (unpaired) electrons. The number of nitrogens with zero attached hydrogens (tertiary/aromatic N) is 4. The first-order chi connectivity index (χ1) is 16.8. The van der Waals surface area contributed by atoms with Crippen LogP contribution in [0.15, 0.2) is 109 Å². The fourth-order valence-corrected chi connectivity index (χ4v) is 5.23. The fraction of sp³-hybridized carbons (Fsp3) is 0.0370. The van der Waals surface area contributed by atoms with E-state index >= 15 is 0 Å². The summed E-state index contributed by atoms with van der Waals surface area (Å²) in [6, 6.07) is 27.5. The average molecular weight is 462 g/mol. The van der Waals surface area contributed by atoms with Crippen molar-refractivity contribution in [3.63, 3.8) is 0 Å². The van der Waals surface area contributed by atoms with Gasteiger partial charge in [-0.25, -0.2) is 14.6 Å². The molecule has 0 aliphatic carbocycles. The zero-order valence-corrected chi connectivity index (χ0v) is 18.8. The molecule has 164 valence electrons. The Hall–Kier alpha value is -4.23. The number of hydrogen-bond donors (Lipinski definition) is 1. The van der Waals surface area contributed by atoms with Crippen LogP contribution in [-0.2, 0) is 0 Å². The second-order valence-corrected chi connectivity index (χ2v) is 8.92.